The zero-order chi connectivity index (χ0) is 15.5. The summed E-state index contributed by atoms with van der Waals surface area (Å²) >= 11 is 17.1. The summed E-state index contributed by atoms with van der Waals surface area (Å²) in [6, 6.07) is 9.62. The normalized spacial score (nSPS) is 19.0. The summed E-state index contributed by atoms with van der Waals surface area (Å²) in [4.78, 5) is 4.31. The van der Waals surface area contributed by atoms with Gasteiger partial charge in [0.05, 0.1) is 0 Å². The average Bonchev–Trinajstić information content (AvgIpc) is 2.48. The van der Waals surface area contributed by atoms with Gasteiger partial charge in [-0.3, -0.25) is 0 Å². The zero-order valence-corrected chi connectivity index (χ0v) is 14.7. The van der Waals surface area contributed by atoms with Crippen LogP contribution in [-0.4, -0.2) is 32.9 Å². The Labute approximate surface area is 142 Å². The minimum Gasteiger partial charge on any atom is -0.223 e. The van der Waals surface area contributed by atoms with Crippen molar-refractivity contribution in [2.24, 2.45) is 13.8 Å². The zero-order valence-electron chi connectivity index (χ0n) is 11.6. The maximum Gasteiger partial charge on any atom is 0.250 e. The van der Waals surface area contributed by atoms with Crippen LogP contribution in [-0.2, 0) is 11.1 Å². The quantitative estimate of drug-likeness (QED) is 0.737. The second-order valence-corrected chi connectivity index (χ2v) is 7.82. The Morgan fingerprint density at radius 1 is 1.10 bits per heavy atom. The van der Waals surface area contributed by atoms with Crippen LogP contribution in [0.2, 0.25) is 0 Å². The minimum absolute atomic E-state index is 0.177. The number of halogens is 3. The predicted molar refractivity (Wildman–Crippen MR) is 93.4 cm³/mol. The number of nitrogens with zero attached hydrogens (tertiary/aromatic N) is 4. The number of rotatable bonds is 4. The molecule has 1 heterocycles. The molecule has 0 bridgehead atoms. The number of hydrogen-bond acceptors (Lipinski definition) is 4. The second-order valence-electron chi connectivity index (χ2n) is 4.16. The molecule has 2 rings (SSSR count). The second kappa shape index (κ2) is 7.20. The van der Waals surface area contributed by atoms with Gasteiger partial charge in [-0.1, -0.05) is 79.0 Å². The van der Waals surface area contributed by atoms with E-state index < -0.39 is 14.9 Å². The molecule has 0 spiro atoms. The van der Waals surface area contributed by atoms with Gasteiger partial charge in [0.1, 0.15) is 11.1 Å². The highest BCUT2D eigenvalue weighted by atomic mass is 35.6. The molecule has 0 saturated carbocycles. The molecule has 0 aromatic heterocycles. The van der Waals surface area contributed by atoms with Crippen molar-refractivity contribution in [3.63, 3.8) is 0 Å². The monoisotopic (exact) mass is 364 g/mol. The van der Waals surface area contributed by atoms with E-state index in [2.05, 4.69) is 18.1 Å². The molecule has 0 N–H and O–H groups in total. The van der Waals surface area contributed by atoms with Gasteiger partial charge < -0.3 is 0 Å². The highest BCUT2D eigenvalue weighted by molar-refractivity contribution is 7.84. The Kier molecular flexibility index (Phi) is 5.80. The van der Waals surface area contributed by atoms with Gasteiger partial charge in [0.15, 0.2) is 11.7 Å². The Hall–Kier alpha value is -0.460. The molecule has 0 amide bonds. The van der Waals surface area contributed by atoms with Gasteiger partial charge in [-0.25, -0.2) is 9.30 Å². The van der Waals surface area contributed by atoms with E-state index in [0.29, 0.717) is 5.84 Å². The maximum absolute atomic E-state index is 5.96. The first-order chi connectivity index (χ1) is 9.95. The molecule has 1 atom stereocenters. The smallest absolute Gasteiger partial charge is 0.223 e. The highest BCUT2D eigenvalue weighted by Crippen LogP contribution is 2.31. The van der Waals surface area contributed by atoms with E-state index in [1.807, 2.05) is 44.2 Å². The van der Waals surface area contributed by atoms with Crippen LogP contribution in [0.4, 0.5) is 0 Å². The number of alkyl halides is 3. The lowest BCUT2D eigenvalue weighted by molar-refractivity contribution is 0.518. The Bertz CT molecular complexity index is 589. The van der Waals surface area contributed by atoms with E-state index in [-0.39, 0.29) is 5.84 Å². The van der Waals surface area contributed by atoms with Crippen LogP contribution in [0.3, 0.4) is 0 Å². The molecule has 0 aliphatic carbocycles. The Balaban J connectivity index is 2.49. The van der Waals surface area contributed by atoms with Gasteiger partial charge >= 0.3 is 0 Å². The van der Waals surface area contributed by atoms with Gasteiger partial charge in [-0.05, 0) is 0 Å². The van der Waals surface area contributed by atoms with Crippen molar-refractivity contribution in [2.45, 2.75) is 17.6 Å². The third-order valence-electron chi connectivity index (χ3n) is 2.77. The molecular formula is C13H15Cl3N4S. The third kappa shape index (κ3) is 4.27. The summed E-state index contributed by atoms with van der Waals surface area (Å²) in [5, 5.41) is 0. The predicted octanol–water partition coefficient (Wildman–Crippen LogP) is 4.19. The summed E-state index contributed by atoms with van der Waals surface area (Å²) in [5.74, 6) is 0.721. The van der Waals surface area contributed by atoms with E-state index in [0.717, 1.165) is 18.7 Å². The fourth-order valence-electron chi connectivity index (χ4n) is 1.71. The summed E-state index contributed by atoms with van der Waals surface area (Å²) in [5.41, 5.74) is 0.879. The van der Waals surface area contributed by atoms with Crippen LogP contribution in [0.1, 0.15) is 19.4 Å². The molecule has 8 heteroatoms. The lowest BCUT2D eigenvalue weighted by Gasteiger charge is -2.23. The molecule has 1 aromatic rings. The van der Waals surface area contributed by atoms with E-state index in [9.17, 15) is 0 Å². The summed E-state index contributed by atoms with van der Waals surface area (Å²) in [6.07, 6.45) is 0. The molecule has 0 radical (unpaired) electrons. The van der Waals surface area contributed by atoms with Crippen molar-refractivity contribution in [3.05, 3.63) is 35.9 Å². The fourth-order valence-corrected chi connectivity index (χ4v) is 3.48. The first kappa shape index (κ1) is 16.9. The summed E-state index contributed by atoms with van der Waals surface area (Å²) < 4.78 is 9.42. The average molecular weight is 366 g/mol. The number of amidine groups is 2. The Morgan fingerprint density at radius 3 is 2.24 bits per heavy atom. The lowest BCUT2D eigenvalue weighted by Crippen LogP contribution is -2.30. The van der Waals surface area contributed by atoms with Crippen LogP contribution in [0, 0.1) is 0 Å². The number of hydrogen-bond donors (Lipinski definition) is 0. The van der Waals surface area contributed by atoms with E-state index in [1.165, 1.54) is 0 Å². The molecule has 1 aliphatic heterocycles. The number of aliphatic imine (C=N–C) groups is 1. The molecule has 1 aliphatic rings. The SMILES string of the molecule is CCN(CC)[S@]1=NC(C(Cl)(Cl)Cl)=NC(c2ccccc2)=N1. The molecule has 0 fully saturated rings. The molecule has 0 saturated heterocycles. The van der Waals surface area contributed by atoms with E-state index >= 15 is 0 Å². The van der Waals surface area contributed by atoms with Gasteiger partial charge in [-0.2, -0.15) is 8.76 Å². The topological polar surface area (TPSA) is 40.3 Å². The molecule has 21 heavy (non-hydrogen) atoms. The van der Waals surface area contributed by atoms with Gasteiger partial charge in [0.2, 0.25) is 0 Å². The fraction of sp³-hybridized carbons (Fsp3) is 0.385. The minimum atomic E-state index is -1.66. The van der Waals surface area contributed by atoms with Crippen molar-refractivity contribution >= 4 is 57.5 Å². The van der Waals surface area contributed by atoms with Gasteiger partial charge in [0.25, 0.3) is 3.79 Å². The van der Waals surface area contributed by atoms with Crippen LogP contribution in [0.25, 0.3) is 0 Å². The van der Waals surface area contributed by atoms with Crippen LogP contribution < -0.4 is 0 Å². The van der Waals surface area contributed by atoms with Crippen molar-refractivity contribution in [1.29, 1.82) is 0 Å². The first-order valence-electron chi connectivity index (χ1n) is 6.47. The van der Waals surface area contributed by atoms with Crippen molar-refractivity contribution in [2.75, 3.05) is 13.1 Å². The largest absolute Gasteiger partial charge is 0.250 e. The lowest BCUT2D eigenvalue weighted by atomic mass is 10.2. The molecule has 0 unspecified atom stereocenters. The van der Waals surface area contributed by atoms with Crippen molar-refractivity contribution in [3.8, 4) is 0 Å². The van der Waals surface area contributed by atoms with Crippen molar-refractivity contribution in [1.82, 2.24) is 4.31 Å². The van der Waals surface area contributed by atoms with Crippen LogP contribution >= 0.6 is 34.8 Å². The number of benzene rings is 1. The van der Waals surface area contributed by atoms with Gasteiger partial charge in [-0.15, -0.1) is 0 Å². The Morgan fingerprint density at radius 2 is 1.71 bits per heavy atom. The molecular weight excluding hydrogens is 351 g/mol. The summed E-state index contributed by atoms with van der Waals surface area (Å²) in [7, 11) is 0. The van der Waals surface area contributed by atoms with Gasteiger partial charge in [0, 0.05) is 18.7 Å². The highest BCUT2D eigenvalue weighted by Gasteiger charge is 2.32. The first-order valence-corrected chi connectivity index (χ1v) is 8.70. The molecule has 4 nitrogen and oxygen atoms in total. The van der Waals surface area contributed by atoms with Crippen LogP contribution in [0.15, 0.2) is 44.1 Å². The molecule has 114 valence electrons. The van der Waals surface area contributed by atoms with Crippen LogP contribution in [0.5, 0.6) is 0 Å². The van der Waals surface area contributed by atoms with E-state index in [1.54, 1.807) is 0 Å². The van der Waals surface area contributed by atoms with E-state index in [4.69, 9.17) is 34.8 Å². The third-order valence-corrected chi connectivity index (χ3v) is 4.93. The van der Waals surface area contributed by atoms with Crippen molar-refractivity contribution < 1.29 is 0 Å². The summed E-state index contributed by atoms with van der Waals surface area (Å²) in [6.45, 7) is 5.71. The maximum atomic E-state index is 5.96. The molecule has 1 aromatic carbocycles. The standard InChI is InChI=1S/C13H15Cl3N4S/c1-3-20(4-2)21-18-11(10-8-6-5-7-9-10)17-12(19-21)13(14,15)16/h5-9H,3-4H2,1-2H3/t21-/m1/s1.